The number of hydrogen-bond acceptors (Lipinski definition) is 1. The highest BCUT2D eigenvalue weighted by molar-refractivity contribution is 7.25. The third kappa shape index (κ3) is 2.17. The summed E-state index contributed by atoms with van der Waals surface area (Å²) >= 11 is 1.88. The van der Waals surface area contributed by atoms with Crippen LogP contribution in [0.15, 0.2) is 91.0 Å². The van der Waals surface area contributed by atoms with Gasteiger partial charge in [0.25, 0.3) is 0 Å². The molecule has 0 amide bonds. The average molecular weight is 375 g/mol. The van der Waals surface area contributed by atoms with Crippen molar-refractivity contribution in [2.75, 3.05) is 0 Å². The number of benzene rings is 5. The van der Waals surface area contributed by atoms with Crippen LogP contribution in [-0.2, 0) is 0 Å². The van der Waals surface area contributed by atoms with Crippen LogP contribution in [0.5, 0.6) is 0 Å². The Balaban J connectivity index is 1.76. The normalized spacial score (nSPS) is 11.8. The lowest BCUT2D eigenvalue weighted by Gasteiger charge is -2.15. The lowest BCUT2D eigenvalue weighted by Crippen LogP contribution is -1.89. The third-order valence-corrected chi connectivity index (χ3v) is 7.00. The van der Waals surface area contributed by atoms with E-state index in [2.05, 4.69) is 97.9 Å². The molecule has 0 saturated carbocycles. The second-order valence-electron chi connectivity index (χ2n) is 7.40. The van der Waals surface area contributed by atoms with E-state index in [0.717, 1.165) is 0 Å². The highest BCUT2D eigenvalue weighted by Gasteiger charge is 2.14. The molecular weight excluding hydrogens is 356 g/mol. The zero-order valence-corrected chi connectivity index (χ0v) is 16.4. The second kappa shape index (κ2) is 5.92. The summed E-state index contributed by atoms with van der Waals surface area (Å²) in [5.41, 5.74) is 4.00. The van der Waals surface area contributed by atoms with E-state index in [1.54, 1.807) is 0 Å². The molecule has 0 radical (unpaired) electrons. The molecule has 0 aliphatic rings. The molecule has 0 aliphatic carbocycles. The van der Waals surface area contributed by atoms with Crippen molar-refractivity contribution in [3.8, 4) is 11.1 Å². The van der Waals surface area contributed by atoms with E-state index in [1.807, 2.05) is 11.3 Å². The van der Waals surface area contributed by atoms with Crippen molar-refractivity contribution in [2.45, 2.75) is 6.92 Å². The minimum Gasteiger partial charge on any atom is -0.135 e. The predicted molar refractivity (Wildman–Crippen MR) is 125 cm³/mol. The molecule has 0 atom stereocenters. The minimum absolute atomic E-state index is 1.30. The van der Waals surface area contributed by atoms with Crippen molar-refractivity contribution in [1.29, 1.82) is 0 Å². The molecule has 6 aromatic rings. The zero-order chi connectivity index (χ0) is 18.7. The van der Waals surface area contributed by atoms with Crippen LogP contribution in [0, 0.1) is 6.92 Å². The minimum atomic E-state index is 1.30. The van der Waals surface area contributed by atoms with Crippen LogP contribution in [0.2, 0.25) is 0 Å². The molecule has 5 aromatic carbocycles. The molecule has 0 fully saturated rings. The Morgan fingerprint density at radius 2 is 1.04 bits per heavy atom. The summed E-state index contributed by atoms with van der Waals surface area (Å²) in [5.74, 6) is 0. The molecule has 0 unspecified atom stereocenters. The van der Waals surface area contributed by atoms with Gasteiger partial charge < -0.3 is 0 Å². The lowest BCUT2D eigenvalue weighted by molar-refractivity contribution is 1.58. The summed E-state index contributed by atoms with van der Waals surface area (Å²) in [6, 6.07) is 33.3. The maximum Gasteiger partial charge on any atom is 0.0361 e. The van der Waals surface area contributed by atoms with Gasteiger partial charge in [-0.2, -0.15) is 0 Å². The molecule has 132 valence electrons. The van der Waals surface area contributed by atoms with E-state index in [-0.39, 0.29) is 0 Å². The van der Waals surface area contributed by atoms with Crippen LogP contribution in [0.1, 0.15) is 5.56 Å². The maximum absolute atomic E-state index is 2.38. The van der Waals surface area contributed by atoms with Gasteiger partial charge in [0, 0.05) is 20.2 Å². The van der Waals surface area contributed by atoms with Gasteiger partial charge in [-0.3, -0.25) is 0 Å². The van der Waals surface area contributed by atoms with Crippen molar-refractivity contribution < 1.29 is 0 Å². The number of aryl methyl sites for hydroxylation is 1. The topological polar surface area (TPSA) is 0 Å². The van der Waals surface area contributed by atoms with Crippen LogP contribution in [0.3, 0.4) is 0 Å². The first-order valence-corrected chi connectivity index (χ1v) is 10.4. The van der Waals surface area contributed by atoms with Gasteiger partial charge in [0.2, 0.25) is 0 Å². The van der Waals surface area contributed by atoms with Crippen LogP contribution in [0.25, 0.3) is 52.8 Å². The summed E-state index contributed by atoms with van der Waals surface area (Å²) in [4.78, 5) is 0. The summed E-state index contributed by atoms with van der Waals surface area (Å²) in [7, 11) is 0. The SMILES string of the molecule is Cc1c2ccccc2c(-c2ccc3c(c2)sc2ccccc23)c2ccccc12. The van der Waals surface area contributed by atoms with Crippen molar-refractivity contribution in [3.63, 3.8) is 0 Å². The fourth-order valence-corrected chi connectivity index (χ4v) is 5.68. The molecule has 1 heterocycles. The summed E-state index contributed by atoms with van der Waals surface area (Å²) in [6.07, 6.45) is 0. The Hall–Kier alpha value is -3.16. The van der Waals surface area contributed by atoms with Crippen molar-refractivity contribution in [2.24, 2.45) is 0 Å². The fraction of sp³-hybridized carbons (Fsp3) is 0.0370. The number of thiophene rings is 1. The monoisotopic (exact) mass is 374 g/mol. The molecular formula is C27H18S. The van der Waals surface area contributed by atoms with Gasteiger partial charge in [0.05, 0.1) is 0 Å². The standard InChI is InChI=1S/C27H18S/c1-17-19-8-2-4-11-23(19)27(24-12-5-3-9-20(17)24)18-14-15-22-21-10-6-7-13-25(21)28-26(22)16-18/h2-16H,1H3. The Morgan fingerprint density at radius 1 is 0.500 bits per heavy atom. The van der Waals surface area contributed by atoms with E-state index >= 15 is 0 Å². The average Bonchev–Trinajstić information content (AvgIpc) is 3.12. The number of hydrogen-bond donors (Lipinski definition) is 0. The van der Waals surface area contributed by atoms with Crippen LogP contribution in [0.4, 0.5) is 0 Å². The second-order valence-corrected chi connectivity index (χ2v) is 8.48. The summed E-state index contributed by atoms with van der Waals surface area (Å²) in [6.45, 7) is 2.24. The molecule has 1 aromatic heterocycles. The van der Waals surface area contributed by atoms with E-state index < -0.39 is 0 Å². The fourth-order valence-electron chi connectivity index (χ4n) is 4.54. The van der Waals surface area contributed by atoms with Gasteiger partial charge in [-0.25, -0.2) is 0 Å². The third-order valence-electron chi connectivity index (χ3n) is 5.87. The predicted octanol–water partition coefficient (Wildman–Crippen LogP) is 8.34. The van der Waals surface area contributed by atoms with Gasteiger partial charge in [0.15, 0.2) is 0 Å². The smallest absolute Gasteiger partial charge is 0.0361 e. The molecule has 1 heteroatoms. The summed E-state index contributed by atoms with van der Waals surface area (Å²) < 4.78 is 2.71. The van der Waals surface area contributed by atoms with Crippen molar-refractivity contribution in [1.82, 2.24) is 0 Å². The lowest BCUT2D eigenvalue weighted by atomic mass is 9.89. The molecule has 0 saturated heterocycles. The zero-order valence-electron chi connectivity index (χ0n) is 15.6. The highest BCUT2D eigenvalue weighted by atomic mass is 32.1. The van der Waals surface area contributed by atoms with E-state index in [0.29, 0.717) is 0 Å². The molecule has 28 heavy (non-hydrogen) atoms. The molecule has 0 aliphatic heterocycles. The Labute approximate surface area is 167 Å². The van der Waals surface area contributed by atoms with Crippen molar-refractivity contribution >= 4 is 53.1 Å². The molecule has 0 bridgehead atoms. The largest absolute Gasteiger partial charge is 0.135 e. The quantitative estimate of drug-likeness (QED) is 0.254. The highest BCUT2D eigenvalue weighted by Crippen LogP contribution is 2.42. The Kier molecular flexibility index (Phi) is 3.35. The van der Waals surface area contributed by atoms with Gasteiger partial charge in [-0.05, 0) is 57.3 Å². The Morgan fingerprint density at radius 3 is 1.71 bits per heavy atom. The Bertz CT molecular complexity index is 1460. The molecule has 6 rings (SSSR count). The summed E-state index contributed by atoms with van der Waals surface area (Å²) in [5, 5.41) is 8.05. The first kappa shape index (κ1) is 15.9. The van der Waals surface area contributed by atoms with E-state index in [4.69, 9.17) is 0 Å². The first-order chi connectivity index (χ1) is 13.8. The first-order valence-electron chi connectivity index (χ1n) is 9.63. The van der Waals surface area contributed by atoms with Crippen LogP contribution in [-0.4, -0.2) is 0 Å². The molecule has 0 nitrogen and oxygen atoms in total. The van der Waals surface area contributed by atoms with Gasteiger partial charge in [-0.1, -0.05) is 78.9 Å². The van der Waals surface area contributed by atoms with E-state index in [9.17, 15) is 0 Å². The maximum atomic E-state index is 2.38. The van der Waals surface area contributed by atoms with Gasteiger partial charge >= 0.3 is 0 Å². The molecule has 0 N–H and O–H groups in total. The molecule has 0 spiro atoms. The van der Waals surface area contributed by atoms with Gasteiger partial charge in [-0.15, -0.1) is 11.3 Å². The van der Waals surface area contributed by atoms with Crippen molar-refractivity contribution in [3.05, 3.63) is 96.6 Å². The number of fused-ring (bicyclic) bond motifs is 5. The van der Waals surface area contributed by atoms with Crippen LogP contribution >= 0.6 is 11.3 Å². The van der Waals surface area contributed by atoms with Crippen LogP contribution < -0.4 is 0 Å². The van der Waals surface area contributed by atoms with E-state index in [1.165, 1.54) is 58.4 Å². The number of rotatable bonds is 1. The van der Waals surface area contributed by atoms with Gasteiger partial charge in [0.1, 0.15) is 0 Å².